The molecule has 18 heavy (non-hydrogen) atoms. The van der Waals surface area contributed by atoms with Crippen molar-refractivity contribution >= 4 is 11.6 Å². The molecule has 0 spiro atoms. The molecule has 0 aliphatic carbocycles. The Morgan fingerprint density at radius 3 is 2.78 bits per heavy atom. The Kier molecular flexibility index (Phi) is 3.43. The second kappa shape index (κ2) is 4.86. The highest BCUT2D eigenvalue weighted by atomic mass is 16.5. The molecule has 1 aromatic rings. The van der Waals surface area contributed by atoms with E-state index in [-0.39, 0.29) is 5.91 Å². The number of carbonyl (C=O) groups is 1. The van der Waals surface area contributed by atoms with Crippen molar-refractivity contribution in [3.05, 3.63) is 23.8 Å². The first kappa shape index (κ1) is 12.7. The second-order valence-corrected chi connectivity index (χ2v) is 4.62. The van der Waals surface area contributed by atoms with Crippen molar-refractivity contribution in [3.8, 4) is 5.75 Å². The van der Waals surface area contributed by atoms with Crippen LogP contribution in [0.4, 0.5) is 5.69 Å². The van der Waals surface area contributed by atoms with Gasteiger partial charge in [-0.25, -0.2) is 0 Å². The molecule has 1 aromatic carbocycles. The average molecular weight is 250 g/mol. The van der Waals surface area contributed by atoms with Gasteiger partial charge in [0.25, 0.3) is 5.91 Å². The maximum atomic E-state index is 11.5. The molecule has 5 heteroatoms. The standard InChI is InChI=1S/C13H18N2O3/c1-8(16)13(17)15-6-10(7-15)9-3-4-11(14)12(5-9)18-2/h3-5,8,10,16H,6-7,14H2,1-2H3. The SMILES string of the molecule is COc1cc(C2CN(C(=O)C(C)O)C2)ccc1N. The lowest BCUT2D eigenvalue weighted by Gasteiger charge is -2.40. The molecular weight excluding hydrogens is 232 g/mol. The number of benzene rings is 1. The van der Waals surface area contributed by atoms with Crippen molar-refractivity contribution in [2.45, 2.75) is 18.9 Å². The van der Waals surface area contributed by atoms with Crippen LogP contribution in [-0.2, 0) is 4.79 Å². The van der Waals surface area contributed by atoms with Crippen LogP contribution in [0.15, 0.2) is 18.2 Å². The van der Waals surface area contributed by atoms with Crippen LogP contribution in [0.25, 0.3) is 0 Å². The molecule has 1 atom stereocenters. The first-order valence-electron chi connectivity index (χ1n) is 5.93. The van der Waals surface area contributed by atoms with Crippen molar-refractivity contribution in [2.75, 3.05) is 25.9 Å². The van der Waals surface area contributed by atoms with Gasteiger partial charge in [-0.2, -0.15) is 0 Å². The number of amides is 1. The minimum absolute atomic E-state index is 0.214. The normalized spacial score (nSPS) is 17.2. The lowest BCUT2D eigenvalue weighted by atomic mass is 9.90. The third-order valence-corrected chi connectivity index (χ3v) is 3.28. The van der Waals surface area contributed by atoms with Crippen molar-refractivity contribution in [1.29, 1.82) is 0 Å². The fourth-order valence-corrected chi connectivity index (χ4v) is 2.12. The van der Waals surface area contributed by atoms with Crippen molar-refractivity contribution in [3.63, 3.8) is 0 Å². The molecule has 98 valence electrons. The van der Waals surface area contributed by atoms with Gasteiger partial charge < -0.3 is 20.5 Å². The maximum absolute atomic E-state index is 11.5. The van der Waals surface area contributed by atoms with E-state index in [1.165, 1.54) is 6.92 Å². The van der Waals surface area contributed by atoms with E-state index in [4.69, 9.17) is 10.5 Å². The topological polar surface area (TPSA) is 75.8 Å². The summed E-state index contributed by atoms with van der Waals surface area (Å²) >= 11 is 0. The lowest BCUT2D eigenvalue weighted by molar-refractivity contribution is -0.143. The summed E-state index contributed by atoms with van der Waals surface area (Å²) in [5.74, 6) is 0.740. The predicted molar refractivity (Wildman–Crippen MR) is 68.4 cm³/mol. The van der Waals surface area contributed by atoms with E-state index in [9.17, 15) is 9.90 Å². The van der Waals surface area contributed by atoms with E-state index in [0.717, 1.165) is 5.56 Å². The van der Waals surface area contributed by atoms with Crippen molar-refractivity contribution < 1.29 is 14.6 Å². The van der Waals surface area contributed by atoms with Gasteiger partial charge in [-0.1, -0.05) is 6.07 Å². The number of methoxy groups -OCH3 is 1. The number of carbonyl (C=O) groups excluding carboxylic acids is 1. The smallest absolute Gasteiger partial charge is 0.251 e. The molecule has 1 amide bonds. The number of likely N-dealkylation sites (tertiary alicyclic amines) is 1. The van der Waals surface area contributed by atoms with Gasteiger partial charge in [0.15, 0.2) is 0 Å². The highest BCUT2D eigenvalue weighted by Gasteiger charge is 2.33. The second-order valence-electron chi connectivity index (χ2n) is 4.62. The number of anilines is 1. The highest BCUT2D eigenvalue weighted by molar-refractivity contribution is 5.81. The van der Waals surface area contributed by atoms with Gasteiger partial charge in [0.1, 0.15) is 11.9 Å². The molecule has 1 unspecified atom stereocenters. The zero-order valence-corrected chi connectivity index (χ0v) is 10.6. The highest BCUT2D eigenvalue weighted by Crippen LogP contribution is 2.32. The summed E-state index contributed by atoms with van der Waals surface area (Å²) in [6, 6.07) is 5.67. The molecule has 1 heterocycles. The molecular formula is C13H18N2O3. The summed E-state index contributed by atoms with van der Waals surface area (Å²) in [6.45, 7) is 2.76. The van der Waals surface area contributed by atoms with Crippen LogP contribution in [0.3, 0.4) is 0 Å². The molecule has 2 rings (SSSR count). The Morgan fingerprint density at radius 1 is 1.56 bits per heavy atom. The summed E-state index contributed by atoms with van der Waals surface area (Å²) in [4.78, 5) is 13.2. The van der Waals surface area contributed by atoms with Gasteiger partial charge >= 0.3 is 0 Å². The number of ether oxygens (including phenoxy) is 1. The van der Waals surface area contributed by atoms with Crippen LogP contribution in [0, 0.1) is 0 Å². The number of nitrogen functional groups attached to an aromatic ring is 1. The van der Waals surface area contributed by atoms with Gasteiger partial charge in [0, 0.05) is 19.0 Å². The largest absolute Gasteiger partial charge is 0.495 e. The van der Waals surface area contributed by atoms with E-state index in [1.54, 1.807) is 12.0 Å². The van der Waals surface area contributed by atoms with Gasteiger partial charge in [-0.15, -0.1) is 0 Å². The molecule has 5 nitrogen and oxygen atoms in total. The average Bonchev–Trinajstić information content (AvgIpc) is 2.28. The quantitative estimate of drug-likeness (QED) is 0.770. The molecule has 1 saturated heterocycles. The fraction of sp³-hybridized carbons (Fsp3) is 0.462. The van der Waals surface area contributed by atoms with E-state index in [0.29, 0.717) is 30.4 Å². The van der Waals surface area contributed by atoms with Crippen LogP contribution in [0.1, 0.15) is 18.4 Å². The van der Waals surface area contributed by atoms with Crippen LogP contribution < -0.4 is 10.5 Å². The molecule has 3 N–H and O–H groups in total. The van der Waals surface area contributed by atoms with E-state index >= 15 is 0 Å². The van der Waals surface area contributed by atoms with Crippen LogP contribution in [0.2, 0.25) is 0 Å². The number of hydrogen-bond acceptors (Lipinski definition) is 4. The Labute approximate surface area is 106 Å². The van der Waals surface area contributed by atoms with Crippen molar-refractivity contribution in [2.24, 2.45) is 0 Å². The predicted octanol–water partition coefficient (Wildman–Crippen LogP) is 0.584. The number of rotatable bonds is 3. The molecule has 1 fully saturated rings. The monoisotopic (exact) mass is 250 g/mol. The first-order chi connectivity index (χ1) is 8.52. The van der Waals surface area contributed by atoms with E-state index in [1.807, 2.05) is 18.2 Å². The van der Waals surface area contributed by atoms with Gasteiger partial charge in [0.05, 0.1) is 12.8 Å². The summed E-state index contributed by atoms with van der Waals surface area (Å²) < 4.78 is 5.17. The fourth-order valence-electron chi connectivity index (χ4n) is 2.12. The number of nitrogens with two attached hydrogens (primary N) is 1. The molecule has 1 aliphatic heterocycles. The molecule has 0 radical (unpaired) electrons. The summed E-state index contributed by atoms with van der Waals surface area (Å²) in [5.41, 5.74) is 7.47. The van der Waals surface area contributed by atoms with Gasteiger partial charge in [-0.05, 0) is 24.6 Å². The molecule has 0 bridgehead atoms. The first-order valence-corrected chi connectivity index (χ1v) is 5.93. The summed E-state index contributed by atoms with van der Waals surface area (Å²) in [6.07, 6.45) is -0.924. The molecule has 1 aliphatic rings. The number of aliphatic hydroxyl groups excluding tert-OH is 1. The Bertz CT molecular complexity index is 454. The third-order valence-electron chi connectivity index (χ3n) is 3.28. The zero-order valence-electron chi connectivity index (χ0n) is 10.6. The van der Waals surface area contributed by atoms with E-state index in [2.05, 4.69) is 0 Å². The number of nitrogens with zero attached hydrogens (tertiary/aromatic N) is 1. The summed E-state index contributed by atoms with van der Waals surface area (Å²) in [7, 11) is 1.58. The van der Waals surface area contributed by atoms with Gasteiger partial charge in [-0.3, -0.25) is 4.79 Å². The van der Waals surface area contributed by atoms with Gasteiger partial charge in [0.2, 0.25) is 0 Å². The van der Waals surface area contributed by atoms with Crippen LogP contribution >= 0.6 is 0 Å². The minimum atomic E-state index is -0.924. The maximum Gasteiger partial charge on any atom is 0.251 e. The van der Waals surface area contributed by atoms with Crippen LogP contribution in [0.5, 0.6) is 5.75 Å². The molecule has 0 aromatic heterocycles. The Morgan fingerprint density at radius 2 is 2.22 bits per heavy atom. The van der Waals surface area contributed by atoms with E-state index < -0.39 is 6.10 Å². The third kappa shape index (κ3) is 2.26. The minimum Gasteiger partial charge on any atom is -0.495 e. The Balaban J connectivity index is 2.02. The lowest BCUT2D eigenvalue weighted by Crippen LogP contribution is -2.51. The summed E-state index contributed by atoms with van der Waals surface area (Å²) in [5, 5.41) is 9.20. The molecule has 0 saturated carbocycles. The zero-order chi connectivity index (χ0) is 13.3. The van der Waals surface area contributed by atoms with Crippen LogP contribution in [-0.4, -0.2) is 42.2 Å². The Hall–Kier alpha value is -1.75. The number of hydrogen-bond donors (Lipinski definition) is 2. The van der Waals surface area contributed by atoms with Crippen molar-refractivity contribution in [1.82, 2.24) is 4.90 Å². The number of aliphatic hydroxyl groups is 1.